The van der Waals surface area contributed by atoms with Gasteiger partial charge in [-0.2, -0.15) is 0 Å². The number of nitro benzene ring substituents is 1. The van der Waals surface area contributed by atoms with Gasteiger partial charge in [-0.15, -0.1) is 11.3 Å². The Balaban J connectivity index is 1.81. The smallest absolute Gasteiger partial charge is 0.275 e. The molecule has 2 aromatic carbocycles. The summed E-state index contributed by atoms with van der Waals surface area (Å²) in [6.45, 7) is 1.83. The van der Waals surface area contributed by atoms with Crippen molar-refractivity contribution in [2.24, 2.45) is 5.73 Å². The number of aryl methyl sites for hydroxylation is 1. The van der Waals surface area contributed by atoms with Gasteiger partial charge in [0.1, 0.15) is 4.83 Å². The maximum atomic E-state index is 13.1. The highest BCUT2D eigenvalue weighted by molar-refractivity contribution is 7.22. The van der Waals surface area contributed by atoms with E-state index in [-0.39, 0.29) is 28.9 Å². The molecule has 2 N–H and O–H groups in total. The molecule has 4 aromatic rings. The van der Waals surface area contributed by atoms with Crippen molar-refractivity contribution < 1.29 is 9.72 Å². The fraction of sp³-hybridized carbons (Fsp3) is 0.0952. The van der Waals surface area contributed by atoms with Crippen LogP contribution in [0, 0.1) is 17.0 Å². The second kappa shape index (κ2) is 7.53. The van der Waals surface area contributed by atoms with Gasteiger partial charge in [0.25, 0.3) is 11.2 Å². The molecule has 8 nitrogen and oxygen atoms in total. The molecule has 4 rings (SSSR count). The summed E-state index contributed by atoms with van der Waals surface area (Å²) in [4.78, 5) is 41.3. The van der Waals surface area contributed by atoms with Gasteiger partial charge < -0.3 is 5.73 Å². The fourth-order valence-electron chi connectivity index (χ4n) is 3.34. The number of amides is 1. The zero-order chi connectivity index (χ0) is 21.4. The summed E-state index contributed by atoms with van der Waals surface area (Å²) in [7, 11) is 0. The van der Waals surface area contributed by atoms with Crippen molar-refractivity contribution in [3.05, 3.63) is 92.0 Å². The number of thiophene rings is 1. The monoisotopic (exact) mass is 420 g/mol. The molecule has 0 bridgehead atoms. The van der Waals surface area contributed by atoms with Gasteiger partial charge in [-0.3, -0.25) is 24.3 Å². The maximum absolute atomic E-state index is 13.1. The molecule has 0 fully saturated rings. The molecule has 9 heteroatoms. The van der Waals surface area contributed by atoms with E-state index in [1.54, 1.807) is 0 Å². The molecular weight excluding hydrogens is 404 g/mol. The second-order valence-corrected chi connectivity index (χ2v) is 7.74. The quantitative estimate of drug-likeness (QED) is 0.391. The Morgan fingerprint density at radius 3 is 2.63 bits per heavy atom. The molecule has 2 heterocycles. The number of nitrogens with two attached hydrogens (primary N) is 1. The predicted octanol–water partition coefficient (Wildman–Crippen LogP) is 3.49. The van der Waals surface area contributed by atoms with E-state index in [9.17, 15) is 19.7 Å². The highest BCUT2D eigenvalue weighted by Crippen LogP contribution is 2.35. The molecule has 1 amide bonds. The van der Waals surface area contributed by atoms with Crippen LogP contribution in [0.2, 0.25) is 0 Å². The molecule has 150 valence electrons. The number of rotatable bonds is 5. The number of aromatic nitrogens is 2. The van der Waals surface area contributed by atoms with Crippen LogP contribution >= 0.6 is 11.3 Å². The van der Waals surface area contributed by atoms with E-state index < -0.39 is 10.8 Å². The highest BCUT2D eigenvalue weighted by Gasteiger charge is 2.20. The lowest BCUT2D eigenvalue weighted by atomic mass is 10.1. The number of hydrogen-bond donors (Lipinski definition) is 1. The zero-order valence-corrected chi connectivity index (χ0v) is 16.7. The zero-order valence-electron chi connectivity index (χ0n) is 15.9. The average Bonchev–Trinajstić information content (AvgIpc) is 3.07. The Labute approximate surface area is 174 Å². The van der Waals surface area contributed by atoms with Gasteiger partial charge in [0.15, 0.2) is 0 Å². The van der Waals surface area contributed by atoms with Crippen molar-refractivity contribution in [1.29, 1.82) is 0 Å². The molecule has 0 spiro atoms. The van der Waals surface area contributed by atoms with Crippen molar-refractivity contribution in [2.75, 3.05) is 0 Å². The molecule has 0 aliphatic rings. The molecule has 0 atom stereocenters. The number of benzene rings is 2. The number of carbonyl (C=O) groups excluding carboxylic acids is 1. The first-order chi connectivity index (χ1) is 14.4. The minimum Gasteiger partial charge on any atom is -0.366 e. The lowest BCUT2D eigenvalue weighted by Crippen LogP contribution is -2.21. The topological polar surface area (TPSA) is 121 Å². The normalized spacial score (nSPS) is 11.0. The van der Waals surface area contributed by atoms with Crippen LogP contribution in [0.15, 0.2) is 59.7 Å². The van der Waals surface area contributed by atoms with Gasteiger partial charge in [-0.1, -0.05) is 30.3 Å². The van der Waals surface area contributed by atoms with Crippen LogP contribution < -0.4 is 11.3 Å². The number of primary amides is 1. The van der Waals surface area contributed by atoms with E-state index in [4.69, 9.17) is 5.73 Å². The third kappa shape index (κ3) is 3.35. The number of carbonyl (C=O) groups is 1. The molecule has 0 saturated heterocycles. The first-order valence-electron chi connectivity index (χ1n) is 8.98. The Morgan fingerprint density at radius 2 is 1.97 bits per heavy atom. The van der Waals surface area contributed by atoms with E-state index in [0.717, 1.165) is 22.1 Å². The van der Waals surface area contributed by atoms with Crippen molar-refractivity contribution in [3.8, 4) is 10.4 Å². The van der Waals surface area contributed by atoms with Crippen molar-refractivity contribution in [1.82, 2.24) is 9.55 Å². The summed E-state index contributed by atoms with van der Waals surface area (Å²) in [5.74, 6) is -0.757. The summed E-state index contributed by atoms with van der Waals surface area (Å²) >= 11 is 1.44. The summed E-state index contributed by atoms with van der Waals surface area (Å²) in [5.41, 5.74) is 6.81. The molecule has 0 saturated carbocycles. The molecule has 2 aromatic heterocycles. The van der Waals surface area contributed by atoms with Gasteiger partial charge in [0.2, 0.25) is 5.91 Å². The first kappa shape index (κ1) is 19.5. The molecular formula is C21H16N4O4S. The van der Waals surface area contributed by atoms with Crippen LogP contribution in [0.4, 0.5) is 5.69 Å². The number of fused-ring (bicyclic) bond motifs is 1. The molecule has 0 aliphatic heterocycles. The summed E-state index contributed by atoms with van der Waals surface area (Å²) in [6.07, 6.45) is 1.39. The Bertz CT molecular complexity index is 1360. The van der Waals surface area contributed by atoms with Crippen LogP contribution in [-0.2, 0) is 6.54 Å². The molecule has 0 aliphatic carbocycles. The van der Waals surface area contributed by atoms with Crippen LogP contribution in [0.3, 0.4) is 0 Å². The van der Waals surface area contributed by atoms with Crippen molar-refractivity contribution in [3.63, 3.8) is 0 Å². The average molecular weight is 420 g/mol. The SMILES string of the molecule is Cc1c(-c2ccccc2)sc2ncn(Cc3ccc(C(N)=O)cc3[N+](=O)[O-])c(=O)c12. The minimum absolute atomic E-state index is 0.0348. The lowest BCUT2D eigenvalue weighted by Gasteiger charge is -2.07. The second-order valence-electron chi connectivity index (χ2n) is 6.74. The summed E-state index contributed by atoms with van der Waals surface area (Å²) in [6, 6.07) is 13.7. The van der Waals surface area contributed by atoms with Crippen LogP contribution in [0.5, 0.6) is 0 Å². The van der Waals surface area contributed by atoms with E-state index in [0.29, 0.717) is 10.2 Å². The van der Waals surface area contributed by atoms with Gasteiger partial charge >= 0.3 is 0 Å². The maximum Gasteiger partial charge on any atom is 0.275 e. The summed E-state index contributed by atoms with van der Waals surface area (Å²) in [5, 5.41) is 11.9. The number of nitrogens with zero attached hydrogens (tertiary/aromatic N) is 3. The van der Waals surface area contributed by atoms with Crippen molar-refractivity contribution >= 4 is 33.1 Å². The predicted molar refractivity (Wildman–Crippen MR) is 115 cm³/mol. The molecule has 30 heavy (non-hydrogen) atoms. The van der Waals surface area contributed by atoms with Crippen LogP contribution in [0.1, 0.15) is 21.5 Å². The fourth-order valence-corrected chi connectivity index (χ4v) is 4.49. The Kier molecular flexibility index (Phi) is 4.88. The minimum atomic E-state index is -0.757. The van der Waals surface area contributed by atoms with Gasteiger partial charge in [0.05, 0.1) is 23.2 Å². The van der Waals surface area contributed by atoms with Gasteiger partial charge in [-0.05, 0) is 30.2 Å². The molecule has 0 unspecified atom stereocenters. The van der Waals surface area contributed by atoms with E-state index in [1.807, 2.05) is 37.3 Å². The van der Waals surface area contributed by atoms with Gasteiger partial charge in [0, 0.05) is 22.1 Å². The number of hydrogen-bond acceptors (Lipinski definition) is 6. The van der Waals surface area contributed by atoms with E-state index >= 15 is 0 Å². The third-order valence-electron chi connectivity index (χ3n) is 4.86. The van der Waals surface area contributed by atoms with Crippen LogP contribution in [-0.4, -0.2) is 20.4 Å². The first-order valence-corrected chi connectivity index (χ1v) is 9.79. The van der Waals surface area contributed by atoms with E-state index in [2.05, 4.69) is 4.98 Å². The molecule has 0 radical (unpaired) electrons. The highest BCUT2D eigenvalue weighted by atomic mass is 32.1. The van der Waals surface area contributed by atoms with Crippen molar-refractivity contribution in [2.45, 2.75) is 13.5 Å². The Morgan fingerprint density at radius 1 is 1.23 bits per heavy atom. The van der Waals surface area contributed by atoms with Gasteiger partial charge in [-0.25, -0.2) is 4.98 Å². The number of nitro groups is 1. The van der Waals surface area contributed by atoms with Crippen LogP contribution in [0.25, 0.3) is 20.7 Å². The summed E-state index contributed by atoms with van der Waals surface area (Å²) < 4.78 is 1.34. The standard InChI is InChI=1S/C21H16N4O4S/c1-12-17-20(30-18(12)13-5-3-2-4-6-13)23-11-24(21(17)27)10-15-8-7-14(19(22)26)9-16(15)25(28)29/h2-9,11H,10H2,1H3,(H2,22,26). The Hall–Kier alpha value is -3.85. The lowest BCUT2D eigenvalue weighted by molar-refractivity contribution is -0.385. The third-order valence-corrected chi connectivity index (χ3v) is 6.11. The van der Waals surface area contributed by atoms with E-state index in [1.165, 1.54) is 34.4 Å². The largest absolute Gasteiger partial charge is 0.366 e.